The summed E-state index contributed by atoms with van der Waals surface area (Å²) >= 11 is 1.64. The summed E-state index contributed by atoms with van der Waals surface area (Å²) in [5, 5.41) is 9.38. The summed E-state index contributed by atoms with van der Waals surface area (Å²) in [5.74, 6) is 0.882. The molecule has 0 saturated carbocycles. The molecular formula is C15H26N4O2S. The van der Waals surface area contributed by atoms with Crippen LogP contribution in [0.25, 0.3) is 0 Å². The van der Waals surface area contributed by atoms with Gasteiger partial charge in [-0.1, -0.05) is 13.8 Å². The maximum Gasteiger partial charge on any atom is 0.307 e. The van der Waals surface area contributed by atoms with Crippen LogP contribution in [0.1, 0.15) is 50.7 Å². The van der Waals surface area contributed by atoms with Crippen molar-refractivity contribution in [2.45, 2.75) is 52.7 Å². The van der Waals surface area contributed by atoms with Gasteiger partial charge >= 0.3 is 5.97 Å². The van der Waals surface area contributed by atoms with Gasteiger partial charge < -0.3 is 15.4 Å². The number of rotatable bonds is 7. The van der Waals surface area contributed by atoms with E-state index in [1.54, 1.807) is 18.4 Å². The molecule has 0 atom stereocenters. The Morgan fingerprint density at radius 3 is 2.64 bits per heavy atom. The lowest BCUT2D eigenvalue weighted by Gasteiger charge is -2.11. The molecule has 0 aliphatic heterocycles. The number of ether oxygens (including phenoxy) is 1. The van der Waals surface area contributed by atoms with Crippen LogP contribution >= 0.6 is 11.3 Å². The molecule has 2 N–H and O–H groups in total. The van der Waals surface area contributed by atoms with E-state index in [4.69, 9.17) is 4.74 Å². The average molecular weight is 326 g/mol. The van der Waals surface area contributed by atoms with Gasteiger partial charge in [-0.15, -0.1) is 11.3 Å². The molecule has 7 heteroatoms. The first-order valence-electron chi connectivity index (χ1n) is 7.50. The molecule has 0 aliphatic rings. The molecule has 0 bridgehead atoms. The quantitative estimate of drug-likeness (QED) is 0.457. The van der Waals surface area contributed by atoms with Crippen LogP contribution in [0.15, 0.2) is 10.4 Å². The third kappa shape index (κ3) is 6.89. The molecule has 6 nitrogen and oxygen atoms in total. The van der Waals surface area contributed by atoms with Crippen LogP contribution in [0, 0.1) is 0 Å². The summed E-state index contributed by atoms with van der Waals surface area (Å²) in [5.41, 5.74) is 1.11. The van der Waals surface area contributed by atoms with Crippen molar-refractivity contribution in [1.29, 1.82) is 0 Å². The molecule has 0 aromatic carbocycles. The fourth-order valence-corrected chi connectivity index (χ4v) is 2.55. The smallest absolute Gasteiger partial charge is 0.307 e. The fourth-order valence-electron chi connectivity index (χ4n) is 1.66. The number of esters is 1. The number of carbonyl (C=O) groups excluding carboxylic acids is 1. The molecular weight excluding hydrogens is 300 g/mol. The number of aromatic nitrogens is 1. The van der Waals surface area contributed by atoms with E-state index in [1.165, 1.54) is 0 Å². The number of nitrogens with one attached hydrogen (secondary N) is 2. The molecule has 0 radical (unpaired) electrons. The van der Waals surface area contributed by atoms with Gasteiger partial charge in [-0.25, -0.2) is 4.98 Å². The van der Waals surface area contributed by atoms with Crippen molar-refractivity contribution in [3.05, 3.63) is 16.1 Å². The monoisotopic (exact) mass is 326 g/mol. The number of nitrogens with zero attached hydrogens (tertiary/aromatic N) is 2. The number of thiazole rings is 1. The van der Waals surface area contributed by atoms with Gasteiger partial charge in [-0.05, 0) is 19.8 Å². The summed E-state index contributed by atoms with van der Waals surface area (Å²) < 4.78 is 5.07. The third-order valence-corrected chi connectivity index (χ3v) is 3.65. The van der Waals surface area contributed by atoms with E-state index < -0.39 is 0 Å². The third-order valence-electron chi connectivity index (χ3n) is 2.78. The lowest BCUT2D eigenvalue weighted by Crippen LogP contribution is -2.38. The molecule has 0 unspecified atom stereocenters. The van der Waals surface area contributed by atoms with Crippen LogP contribution in [0.4, 0.5) is 0 Å². The van der Waals surface area contributed by atoms with Crippen molar-refractivity contribution in [1.82, 2.24) is 15.6 Å². The number of guanidine groups is 1. The zero-order chi connectivity index (χ0) is 16.5. The molecule has 1 aromatic heterocycles. The highest BCUT2D eigenvalue weighted by molar-refractivity contribution is 7.09. The SMILES string of the molecule is CN=C(NCCC(=O)OC(C)C)NCc1nc(C(C)C)cs1. The van der Waals surface area contributed by atoms with Crippen molar-refractivity contribution in [2.24, 2.45) is 4.99 Å². The number of hydrogen-bond acceptors (Lipinski definition) is 5. The minimum Gasteiger partial charge on any atom is -0.463 e. The normalized spacial score (nSPS) is 11.9. The average Bonchev–Trinajstić information content (AvgIpc) is 2.90. The fraction of sp³-hybridized carbons (Fsp3) is 0.667. The molecule has 22 heavy (non-hydrogen) atoms. The second kappa shape index (κ2) is 9.40. The topological polar surface area (TPSA) is 75.6 Å². The highest BCUT2D eigenvalue weighted by Crippen LogP contribution is 2.17. The van der Waals surface area contributed by atoms with Gasteiger partial charge in [0.1, 0.15) is 5.01 Å². The van der Waals surface area contributed by atoms with Crippen molar-refractivity contribution >= 4 is 23.3 Å². The Bertz CT molecular complexity index is 497. The number of carbonyl (C=O) groups is 1. The predicted molar refractivity (Wildman–Crippen MR) is 90.2 cm³/mol. The van der Waals surface area contributed by atoms with Crippen molar-refractivity contribution in [3.8, 4) is 0 Å². The van der Waals surface area contributed by atoms with E-state index in [9.17, 15) is 4.79 Å². The van der Waals surface area contributed by atoms with Crippen molar-refractivity contribution < 1.29 is 9.53 Å². The largest absolute Gasteiger partial charge is 0.463 e. The van der Waals surface area contributed by atoms with Gasteiger partial charge in [0.2, 0.25) is 0 Å². The Morgan fingerprint density at radius 1 is 1.36 bits per heavy atom. The van der Waals surface area contributed by atoms with Crippen LogP contribution < -0.4 is 10.6 Å². The Hall–Kier alpha value is -1.63. The Labute approximate surface area is 136 Å². The molecule has 1 aromatic rings. The highest BCUT2D eigenvalue weighted by atomic mass is 32.1. The molecule has 124 valence electrons. The van der Waals surface area contributed by atoms with E-state index in [2.05, 4.69) is 39.8 Å². The molecule has 0 aliphatic carbocycles. The number of aliphatic imine (C=N–C) groups is 1. The highest BCUT2D eigenvalue weighted by Gasteiger charge is 2.08. The Balaban J connectivity index is 2.31. The van der Waals surface area contributed by atoms with E-state index in [0.717, 1.165) is 10.7 Å². The van der Waals surface area contributed by atoms with E-state index in [-0.39, 0.29) is 12.1 Å². The second-order valence-electron chi connectivity index (χ2n) is 5.46. The van der Waals surface area contributed by atoms with Crippen LogP contribution in [-0.2, 0) is 16.1 Å². The van der Waals surface area contributed by atoms with Crippen molar-refractivity contribution in [2.75, 3.05) is 13.6 Å². The van der Waals surface area contributed by atoms with Gasteiger partial charge in [0.25, 0.3) is 0 Å². The standard InChI is InChI=1S/C15H26N4O2S/c1-10(2)12-9-22-13(19-12)8-18-15(16-5)17-7-6-14(20)21-11(3)4/h9-11H,6-8H2,1-5H3,(H2,16,17,18). The van der Waals surface area contributed by atoms with Crippen LogP contribution in [0.2, 0.25) is 0 Å². The molecule has 0 saturated heterocycles. The zero-order valence-corrected chi connectivity index (χ0v) is 14.8. The van der Waals surface area contributed by atoms with Crippen LogP contribution in [0.5, 0.6) is 0 Å². The first-order valence-corrected chi connectivity index (χ1v) is 8.38. The first kappa shape index (κ1) is 18.4. The lowest BCUT2D eigenvalue weighted by molar-refractivity contribution is -0.147. The zero-order valence-electron chi connectivity index (χ0n) is 14.0. The minimum absolute atomic E-state index is 0.0787. The van der Waals surface area contributed by atoms with Gasteiger partial charge in [0.05, 0.1) is 24.8 Å². The summed E-state index contributed by atoms with van der Waals surface area (Å²) in [6, 6.07) is 0. The predicted octanol–water partition coefficient (Wildman–Crippen LogP) is 2.27. The Kier molecular flexibility index (Phi) is 7.87. The summed E-state index contributed by atoms with van der Waals surface area (Å²) in [4.78, 5) is 20.1. The van der Waals surface area contributed by atoms with E-state index >= 15 is 0 Å². The first-order chi connectivity index (χ1) is 10.4. The van der Waals surface area contributed by atoms with Gasteiger partial charge in [-0.3, -0.25) is 9.79 Å². The minimum atomic E-state index is -0.209. The summed E-state index contributed by atoms with van der Waals surface area (Å²) in [6.45, 7) is 9.04. The number of hydrogen-bond donors (Lipinski definition) is 2. The summed E-state index contributed by atoms with van der Waals surface area (Å²) in [7, 11) is 1.70. The van der Waals surface area contributed by atoms with Crippen molar-refractivity contribution in [3.63, 3.8) is 0 Å². The van der Waals surface area contributed by atoms with E-state index in [1.807, 2.05) is 13.8 Å². The Morgan fingerprint density at radius 2 is 2.09 bits per heavy atom. The molecule has 1 heterocycles. The second-order valence-corrected chi connectivity index (χ2v) is 6.40. The van der Waals surface area contributed by atoms with Crippen LogP contribution in [0.3, 0.4) is 0 Å². The summed E-state index contributed by atoms with van der Waals surface area (Å²) in [6.07, 6.45) is 0.234. The van der Waals surface area contributed by atoms with E-state index in [0.29, 0.717) is 31.4 Å². The van der Waals surface area contributed by atoms with Gasteiger partial charge in [0.15, 0.2) is 5.96 Å². The molecule has 0 fully saturated rings. The van der Waals surface area contributed by atoms with Gasteiger partial charge in [-0.2, -0.15) is 0 Å². The maximum absolute atomic E-state index is 11.4. The maximum atomic E-state index is 11.4. The lowest BCUT2D eigenvalue weighted by atomic mass is 10.2. The van der Waals surface area contributed by atoms with Gasteiger partial charge in [0, 0.05) is 19.0 Å². The molecule has 1 rings (SSSR count). The molecule has 0 amide bonds. The molecule has 0 spiro atoms. The van der Waals surface area contributed by atoms with Crippen LogP contribution in [-0.4, -0.2) is 36.6 Å².